The van der Waals surface area contributed by atoms with Crippen molar-refractivity contribution in [1.29, 1.82) is 0 Å². The van der Waals surface area contributed by atoms with Crippen LogP contribution < -0.4 is 25.0 Å². The minimum absolute atomic E-state index is 0.103. The average molecular weight is 526 g/mol. The summed E-state index contributed by atoms with van der Waals surface area (Å²) < 4.78 is 17.5. The minimum atomic E-state index is 0.103. The molecule has 0 fully saturated rings. The molecule has 36 heavy (non-hydrogen) atoms. The first-order valence-corrected chi connectivity index (χ1v) is 12.5. The van der Waals surface area contributed by atoms with Gasteiger partial charge in [0.15, 0.2) is 16.6 Å². The molecule has 0 aliphatic carbocycles. The Labute approximate surface area is 223 Å². The van der Waals surface area contributed by atoms with E-state index in [0.29, 0.717) is 41.5 Å². The van der Waals surface area contributed by atoms with E-state index in [1.807, 2.05) is 55.5 Å². The molecule has 0 saturated carbocycles. The predicted octanol–water partition coefficient (Wildman–Crippen LogP) is 6.81. The number of halogens is 1. The normalized spacial score (nSPS) is 11.2. The molecule has 3 aromatic carbocycles. The van der Waals surface area contributed by atoms with Crippen LogP contribution in [0, 0.1) is 0 Å². The third-order valence-corrected chi connectivity index (χ3v) is 5.54. The van der Waals surface area contributed by atoms with Crippen molar-refractivity contribution in [2.75, 3.05) is 25.1 Å². The van der Waals surface area contributed by atoms with Gasteiger partial charge < -0.3 is 19.5 Å². The van der Waals surface area contributed by atoms with Crippen molar-refractivity contribution in [3.8, 4) is 17.2 Å². The highest BCUT2D eigenvalue weighted by molar-refractivity contribution is 7.80. The fraction of sp³-hybridized carbons (Fsp3) is 0.286. The first-order chi connectivity index (χ1) is 17.3. The van der Waals surface area contributed by atoms with Crippen LogP contribution in [-0.4, -0.2) is 31.1 Å². The lowest BCUT2D eigenvalue weighted by Crippen LogP contribution is -2.23. The number of benzene rings is 3. The Morgan fingerprint density at radius 1 is 0.972 bits per heavy atom. The van der Waals surface area contributed by atoms with E-state index in [0.717, 1.165) is 17.0 Å². The monoisotopic (exact) mass is 525 g/mol. The van der Waals surface area contributed by atoms with Gasteiger partial charge in [0.05, 0.1) is 17.8 Å². The second kappa shape index (κ2) is 13.1. The van der Waals surface area contributed by atoms with E-state index >= 15 is 0 Å². The summed E-state index contributed by atoms with van der Waals surface area (Å²) >= 11 is 11.8. The lowest BCUT2D eigenvalue weighted by Gasteiger charge is -2.19. The van der Waals surface area contributed by atoms with E-state index < -0.39 is 0 Å². The number of para-hydroxylation sites is 1. The van der Waals surface area contributed by atoms with Gasteiger partial charge in [0.2, 0.25) is 0 Å². The summed E-state index contributed by atoms with van der Waals surface area (Å²) in [5, 5.41) is 8.04. The Balaban J connectivity index is 1.55. The highest BCUT2D eigenvalue weighted by Gasteiger charge is 2.14. The number of hydrogen-bond acceptors (Lipinski definition) is 5. The zero-order valence-corrected chi connectivity index (χ0v) is 22.6. The number of anilines is 1. The van der Waals surface area contributed by atoms with Gasteiger partial charge in [0, 0.05) is 5.69 Å². The van der Waals surface area contributed by atoms with Gasteiger partial charge in [0.25, 0.3) is 0 Å². The number of ether oxygens (including phenoxy) is 3. The first-order valence-electron chi connectivity index (χ1n) is 11.7. The molecule has 2 N–H and O–H groups in total. The summed E-state index contributed by atoms with van der Waals surface area (Å²) in [4.78, 5) is 0. The highest BCUT2D eigenvalue weighted by Crippen LogP contribution is 2.36. The summed E-state index contributed by atoms with van der Waals surface area (Å²) in [6.07, 6.45) is 1.61. The molecule has 0 amide bonds. The van der Waals surface area contributed by atoms with Crippen LogP contribution in [0.4, 0.5) is 5.69 Å². The fourth-order valence-electron chi connectivity index (χ4n) is 3.27. The van der Waals surface area contributed by atoms with Crippen LogP contribution in [-0.2, 0) is 5.41 Å². The van der Waals surface area contributed by atoms with Crippen molar-refractivity contribution in [1.82, 2.24) is 5.43 Å². The maximum absolute atomic E-state index is 6.51. The molecule has 0 aliphatic heterocycles. The Bertz CT molecular complexity index is 1160. The van der Waals surface area contributed by atoms with E-state index in [2.05, 4.69) is 48.7 Å². The highest BCUT2D eigenvalue weighted by atomic mass is 35.5. The number of rotatable bonds is 10. The van der Waals surface area contributed by atoms with Gasteiger partial charge >= 0.3 is 0 Å². The second-order valence-electron chi connectivity index (χ2n) is 8.92. The summed E-state index contributed by atoms with van der Waals surface area (Å²) in [7, 11) is 0. The van der Waals surface area contributed by atoms with Crippen molar-refractivity contribution in [2.45, 2.75) is 33.1 Å². The largest absolute Gasteiger partial charge is 0.490 e. The zero-order chi connectivity index (χ0) is 26.0. The van der Waals surface area contributed by atoms with Gasteiger partial charge in [-0.05, 0) is 72.1 Å². The molecule has 0 heterocycles. The SMILES string of the molecule is CCOc1cc(/C=N\NC(=S)Nc2ccccc2)cc(Cl)c1OCCOc1ccc(C(C)(C)C)cc1. The van der Waals surface area contributed by atoms with E-state index in [1.54, 1.807) is 12.3 Å². The number of thiocarbonyl (C=S) groups is 1. The van der Waals surface area contributed by atoms with Crippen molar-refractivity contribution in [3.05, 3.63) is 82.9 Å². The van der Waals surface area contributed by atoms with Crippen LogP contribution in [0.5, 0.6) is 17.2 Å². The number of hydrogen-bond donors (Lipinski definition) is 2. The maximum Gasteiger partial charge on any atom is 0.191 e. The molecule has 8 heteroatoms. The van der Waals surface area contributed by atoms with Crippen LogP contribution in [0.1, 0.15) is 38.8 Å². The molecular weight excluding hydrogens is 494 g/mol. The Hall–Kier alpha value is -3.29. The molecule has 0 atom stereocenters. The fourth-order valence-corrected chi connectivity index (χ4v) is 3.71. The minimum Gasteiger partial charge on any atom is -0.490 e. The third-order valence-electron chi connectivity index (χ3n) is 5.06. The predicted molar refractivity (Wildman–Crippen MR) is 152 cm³/mol. The molecule has 0 bridgehead atoms. The standard InChI is InChI=1S/C28H32ClN3O3S/c1-5-33-25-18-20(19-30-32-27(36)31-22-9-7-6-8-10-22)17-24(29)26(25)35-16-15-34-23-13-11-21(12-14-23)28(2,3)4/h6-14,17-19H,5,15-16H2,1-4H3,(H2,31,32,36)/b30-19-. The van der Waals surface area contributed by atoms with Crippen LogP contribution in [0.3, 0.4) is 0 Å². The van der Waals surface area contributed by atoms with Crippen LogP contribution in [0.15, 0.2) is 71.8 Å². The number of hydrazone groups is 1. The molecule has 3 rings (SSSR count). The van der Waals surface area contributed by atoms with E-state index in [9.17, 15) is 0 Å². The Morgan fingerprint density at radius 2 is 1.67 bits per heavy atom. The lowest BCUT2D eigenvalue weighted by molar-refractivity contribution is 0.208. The summed E-state index contributed by atoms with van der Waals surface area (Å²) in [6.45, 7) is 9.60. The van der Waals surface area contributed by atoms with Crippen LogP contribution in [0.25, 0.3) is 0 Å². The van der Waals surface area contributed by atoms with Crippen LogP contribution >= 0.6 is 23.8 Å². The van der Waals surface area contributed by atoms with Gasteiger partial charge in [-0.25, -0.2) is 0 Å². The molecule has 3 aromatic rings. The Morgan fingerprint density at radius 3 is 2.33 bits per heavy atom. The zero-order valence-electron chi connectivity index (χ0n) is 21.0. The first kappa shape index (κ1) is 27.3. The second-order valence-corrected chi connectivity index (χ2v) is 9.74. The molecule has 0 spiro atoms. The average Bonchev–Trinajstić information content (AvgIpc) is 2.83. The van der Waals surface area contributed by atoms with Gasteiger partial charge in [-0.1, -0.05) is 62.7 Å². The smallest absolute Gasteiger partial charge is 0.191 e. The molecule has 190 valence electrons. The number of nitrogens with one attached hydrogen (secondary N) is 2. The van der Waals surface area contributed by atoms with Crippen molar-refractivity contribution < 1.29 is 14.2 Å². The van der Waals surface area contributed by atoms with E-state index in [1.165, 1.54) is 5.56 Å². The molecule has 0 aliphatic rings. The number of nitrogens with zero attached hydrogens (tertiary/aromatic N) is 1. The van der Waals surface area contributed by atoms with Gasteiger partial charge in [-0.3, -0.25) is 5.43 Å². The van der Waals surface area contributed by atoms with Crippen molar-refractivity contribution in [3.63, 3.8) is 0 Å². The van der Waals surface area contributed by atoms with Gasteiger partial charge in [-0.15, -0.1) is 0 Å². The van der Waals surface area contributed by atoms with Crippen molar-refractivity contribution >= 4 is 40.8 Å². The quantitative estimate of drug-likeness (QED) is 0.131. The third kappa shape index (κ3) is 8.43. The molecule has 0 unspecified atom stereocenters. The molecule has 0 aromatic heterocycles. The molecular formula is C28H32ClN3O3S. The molecule has 0 saturated heterocycles. The lowest BCUT2D eigenvalue weighted by atomic mass is 9.87. The van der Waals surface area contributed by atoms with E-state index in [4.69, 9.17) is 38.0 Å². The summed E-state index contributed by atoms with van der Waals surface area (Å²) in [6, 6.07) is 21.3. The van der Waals surface area contributed by atoms with Gasteiger partial charge in [0.1, 0.15) is 19.0 Å². The summed E-state index contributed by atoms with van der Waals surface area (Å²) in [5.74, 6) is 1.80. The van der Waals surface area contributed by atoms with Gasteiger partial charge in [-0.2, -0.15) is 5.10 Å². The molecule has 6 nitrogen and oxygen atoms in total. The summed E-state index contributed by atoms with van der Waals surface area (Å²) in [5.41, 5.74) is 5.76. The Kier molecular flexibility index (Phi) is 9.96. The molecule has 0 radical (unpaired) electrons. The van der Waals surface area contributed by atoms with E-state index in [-0.39, 0.29) is 5.41 Å². The van der Waals surface area contributed by atoms with Crippen LogP contribution in [0.2, 0.25) is 5.02 Å². The topological polar surface area (TPSA) is 64.1 Å². The maximum atomic E-state index is 6.51. The van der Waals surface area contributed by atoms with Crippen molar-refractivity contribution in [2.24, 2.45) is 5.10 Å².